The van der Waals surface area contributed by atoms with Gasteiger partial charge in [0.15, 0.2) is 5.78 Å². The fraction of sp³-hybridized carbons (Fsp3) is 0.350. The smallest absolute Gasteiger partial charge is 0.304 e. The summed E-state index contributed by atoms with van der Waals surface area (Å²) in [6.45, 7) is 0.814. The summed E-state index contributed by atoms with van der Waals surface area (Å²) >= 11 is 2.85. The highest BCUT2D eigenvalue weighted by Crippen LogP contribution is 2.34. The molecule has 1 saturated carbocycles. The molecule has 3 aromatic rings. The number of carboxylic acid groups (broad SMARTS) is 1. The third-order valence-corrected chi connectivity index (χ3v) is 6.89. The van der Waals surface area contributed by atoms with E-state index in [2.05, 4.69) is 4.98 Å². The van der Waals surface area contributed by atoms with E-state index in [1.54, 1.807) is 12.3 Å². The Kier molecular flexibility index (Phi) is 5.50. The molecule has 0 unspecified atom stereocenters. The van der Waals surface area contributed by atoms with Crippen LogP contribution in [-0.2, 0) is 17.8 Å². The number of aliphatic carboxylic acids is 1. The number of ketones is 1. The van der Waals surface area contributed by atoms with Gasteiger partial charge in [0.1, 0.15) is 10.8 Å². The Hall–Kier alpha value is -2.19. The fourth-order valence-corrected chi connectivity index (χ4v) is 5.16. The number of carbonyl (C=O) groups excluding carboxylic acids is 1. The van der Waals surface area contributed by atoms with Gasteiger partial charge in [-0.2, -0.15) is 0 Å². The molecule has 1 fully saturated rings. The number of hydrogen-bond acceptors (Lipinski definition) is 5. The molecule has 0 saturated heterocycles. The fourth-order valence-electron chi connectivity index (χ4n) is 3.13. The summed E-state index contributed by atoms with van der Waals surface area (Å²) in [7, 11) is 0. The second-order valence-corrected chi connectivity index (χ2v) is 9.48. The number of carboxylic acids is 1. The third kappa shape index (κ3) is 4.44. The van der Waals surface area contributed by atoms with Crippen molar-refractivity contribution in [2.75, 3.05) is 5.75 Å². The first-order valence-electron chi connectivity index (χ1n) is 9.10. The number of thioether (sulfide) groups is 1. The van der Waals surface area contributed by atoms with Gasteiger partial charge in [-0.05, 0) is 37.0 Å². The molecule has 28 heavy (non-hydrogen) atoms. The van der Waals surface area contributed by atoms with Gasteiger partial charge in [-0.25, -0.2) is 9.37 Å². The standard InChI is InChI=1S/C20H19FN2O3S2/c21-13-3-4-14-15(11-23(16(14)7-13)10-12-1-2-12)17(24)8-18-22-9-20(28-18)27-6-5-19(25)26/h3-4,7,9,11-12H,1-2,5-6,8,10H2,(H,25,26). The normalized spacial score (nSPS) is 13.9. The van der Waals surface area contributed by atoms with Gasteiger partial charge in [-0.15, -0.1) is 23.1 Å². The molecule has 1 N–H and O–H groups in total. The van der Waals surface area contributed by atoms with Crippen molar-refractivity contribution in [2.45, 2.75) is 36.4 Å². The first-order chi connectivity index (χ1) is 13.5. The highest BCUT2D eigenvalue weighted by molar-refractivity contribution is 8.01. The Balaban J connectivity index is 1.51. The highest BCUT2D eigenvalue weighted by atomic mass is 32.2. The van der Waals surface area contributed by atoms with Gasteiger partial charge < -0.3 is 9.67 Å². The lowest BCUT2D eigenvalue weighted by molar-refractivity contribution is -0.136. The van der Waals surface area contributed by atoms with E-state index >= 15 is 0 Å². The number of Topliss-reactive ketones (excluding diaryl/α,β-unsaturated/α-hetero) is 1. The lowest BCUT2D eigenvalue weighted by Crippen LogP contribution is -2.03. The van der Waals surface area contributed by atoms with Crippen LogP contribution in [-0.4, -0.2) is 32.2 Å². The average Bonchev–Trinajstić information content (AvgIpc) is 3.24. The summed E-state index contributed by atoms with van der Waals surface area (Å²) in [5.74, 6) is -0.0738. The molecule has 0 atom stereocenters. The van der Waals surface area contributed by atoms with E-state index in [1.165, 1.54) is 48.1 Å². The van der Waals surface area contributed by atoms with Gasteiger partial charge >= 0.3 is 5.97 Å². The van der Waals surface area contributed by atoms with Crippen molar-refractivity contribution in [3.63, 3.8) is 0 Å². The van der Waals surface area contributed by atoms with Gasteiger partial charge in [0.05, 0.1) is 28.8 Å². The zero-order valence-electron chi connectivity index (χ0n) is 15.1. The minimum Gasteiger partial charge on any atom is -0.481 e. The number of aromatic nitrogens is 2. The van der Waals surface area contributed by atoms with Crippen LogP contribution >= 0.6 is 23.1 Å². The molecule has 4 rings (SSSR count). The molecular weight excluding hydrogens is 399 g/mol. The molecule has 5 nitrogen and oxygen atoms in total. The first kappa shape index (κ1) is 19.1. The Bertz CT molecular complexity index is 1040. The monoisotopic (exact) mass is 418 g/mol. The molecule has 1 aromatic carbocycles. The second-order valence-electron chi connectivity index (χ2n) is 6.97. The van der Waals surface area contributed by atoms with E-state index in [4.69, 9.17) is 5.11 Å². The quantitative estimate of drug-likeness (QED) is 0.405. The van der Waals surface area contributed by atoms with Crippen molar-refractivity contribution in [3.8, 4) is 0 Å². The highest BCUT2D eigenvalue weighted by Gasteiger charge is 2.24. The van der Waals surface area contributed by atoms with E-state index in [0.29, 0.717) is 22.2 Å². The van der Waals surface area contributed by atoms with Gasteiger partial charge in [0.25, 0.3) is 0 Å². The Morgan fingerprint density at radius 2 is 2.18 bits per heavy atom. The summed E-state index contributed by atoms with van der Waals surface area (Å²) in [6, 6.07) is 4.56. The molecule has 0 spiro atoms. The van der Waals surface area contributed by atoms with Crippen LogP contribution in [0.4, 0.5) is 4.39 Å². The maximum Gasteiger partial charge on any atom is 0.304 e. The van der Waals surface area contributed by atoms with Crippen molar-refractivity contribution in [3.05, 3.63) is 47.0 Å². The van der Waals surface area contributed by atoms with Crippen LogP contribution in [0.2, 0.25) is 0 Å². The van der Waals surface area contributed by atoms with Crippen molar-refractivity contribution in [1.82, 2.24) is 9.55 Å². The lowest BCUT2D eigenvalue weighted by atomic mass is 10.1. The van der Waals surface area contributed by atoms with Crippen molar-refractivity contribution in [1.29, 1.82) is 0 Å². The minimum atomic E-state index is -0.827. The Labute approximate surface area is 169 Å². The molecule has 0 aliphatic heterocycles. The summed E-state index contributed by atoms with van der Waals surface area (Å²) in [6.07, 6.45) is 6.17. The number of carbonyl (C=O) groups is 2. The molecule has 2 heterocycles. The van der Waals surface area contributed by atoms with Crippen molar-refractivity contribution >= 4 is 45.8 Å². The summed E-state index contributed by atoms with van der Waals surface area (Å²) in [4.78, 5) is 27.8. The van der Waals surface area contributed by atoms with Crippen molar-refractivity contribution < 1.29 is 19.1 Å². The molecule has 0 bridgehead atoms. The molecule has 0 radical (unpaired) electrons. The number of thiazole rings is 1. The van der Waals surface area contributed by atoms with Crippen LogP contribution in [0.25, 0.3) is 10.9 Å². The molecule has 146 valence electrons. The van der Waals surface area contributed by atoms with Crippen molar-refractivity contribution in [2.24, 2.45) is 5.92 Å². The van der Waals surface area contributed by atoms with Gasteiger partial charge in [0, 0.05) is 29.4 Å². The number of halogens is 1. The van der Waals surface area contributed by atoms with Gasteiger partial charge in [0.2, 0.25) is 0 Å². The van der Waals surface area contributed by atoms with Crippen LogP contribution in [0.15, 0.2) is 34.8 Å². The van der Waals surface area contributed by atoms with E-state index in [-0.39, 0.29) is 24.4 Å². The summed E-state index contributed by atoms with van der Waals surface area (Å²) in [5, 5.41) is 10.2. The topological polar surface area (TPSA) is 72.2 Å². The number of fused-ring (bicyclic) bond motifs is 1. The second kappa shape index (κ2) is 8.05. The molecule has 8 heteroatoms. The third-order valence-electron chi connectivity index (χ3n) is 4.70. The molecule has 2 aromatic heterocycles. The predicted octanol–water partition coefficient (Wildman–Crippen LogP) is 4.64. The first-order valence-corrected chi connectivity index (χ1v) is 10.9. The van der Waals surface area contributed by atoms with Crippen LogP contribution < -0.4 is 0 Å². The van der Waals surface area contributed by atoms with Gasteiger partial charge in [-0.1, -0.05) is 0 Å². The zero-order chi connectivity index (χ0) is 19.7. The maximum atomic E-state index is 13.7. The number of nitrogens with zero attached hydrogens (tertiary/aromatic N) is 2. The Morgan fingerprint density at radius 1 is 1.36 bits per heavy atom. The molecular formula is C20H19FN2O3S2. The number of hydrogen-bond donors (Lipinski definition) is 1. The molecule has 0 amide bonds. The van der Waals surface area contributed by atoms with Crippen LogP contribution in [0.3, 0.4) is 0 Å². The van der Waals surface area contributed by atoms with Crippen LogP contribution in [0.1, 0.15) is 34.6 Å². The van der Waals surface area contributed by atoms with Crippen LogP contribution in [0, 0.1) is 11.7 Å². The zero-order valence-corrected chi connectivity index (χ0v) is 16.7. The van der Waals surface area contributed by atoms with E-state index in [9.17, 15) is 14.0 Å². The molecule has 1 aliphatic carbocycles. The number of benzene rings is 1. The molecule has 1 aliphatic rings. The van der Waals surface area contributed by atoms with E-state index in [0.717, 1.165) is 21.7 Å². The van der Waals surface area contributed by atoms with Crippen LogP contribution in [0.5, 0.6) is 0 Å². The summed E-state index contributed by atoms with van der Waals surface area (Å²) < 4.78 is 16.6. The largest absolute Gasteiger partial charge is 0.481 e. The average molecular weight is 419 g/mol. The van der Waals surface area contributed by atoms with E-state index in [1.807, 2.05) is 10.8 Å². The van der Waals surface area contributed by atoms with Gasteiger partial charge in [-0.3, -0.25) is 9.59 Å². The maximum absolute atomic E-state index is 13.7. The summed E-state index contributed by atoms with van der Waals surface area (Å²) in [5.41, 5.74) is 1.37. The SMILES string of the molecule is O=C(O)CCSc1cnc(CC(=O)c2cn(CC3CC3)c3cc(F)ccc23)s1. The number of rotatable bonds is 9. The minimum absolute atomic E-state index is 0.0393. The lowest BCUT2D eigenvalue weighted by Gasteiger charge is -2.03. The Morgan fingerprint density at radius 3 is 2.93 bits per heavy atom. The predicted molar refractivity (Wildman–Crippen MR) is 108 cm³/mol. The van der Waals surface area contributed by atoms with E-state index < -0.39 is 5.97 Å².